The van der Waals surface area contributed by atoms with Crippen molar-refractivity contribution in [2.45, 2.75) is 12.5 Å². The highest BCUT2D eigenvalue weighted by Crippen LogP contribution is 2.26. The van der Waals surface area contributed by atoms with Crippen LogP contribution in [0, 0.1) is 5.82 Å². The van der Waals surface area contributed by atoms with Gasteiger partial charge >= 0.3 is 0 Å². The van der Waals surface area contributed by atoms with Crippen molar-refractivity contribution in [2.75, 3.05) is 6.54 Å². The molecule has 1 aromatic heterocycles. The zero-order valence-corrected chi connectivity index (χ0v) is 7.68. The molecule has 72 valence electrons. The van der Waals surface area contributed by atoms with Crippen LogP contribution in [0.4, 0.5) is 4.39 Å². The number of halogens is 1. The Bertz CT molecular complexity index is 471. The Hall–Kier alpha value is -1.35. The number of rotatable bonds is 1. The fraction of sp³-hybridized carbons (Fsp3) is 0.273. The van der Waals surface area contributed by atoms with Crippen LogP contribution in [0.2, 0.25) is 0 Å². The van der Waals surface area contributed by atoms with Crippen molar-refractivity contribution in [3.05, 3.63) is 35.8 Å². The summed E-state index contributed by atoms with van der Waals surface area (Å²) in [6.45, 7) is 1.08. The highest BCUT2D eigenvalue weighted by Gasteiger charge is 2.19. The fourth-order valence-corrected chi connectivity index (χ4v) is 1.87. The molecule has 1 aliphatic heterocycles. The molecule has 2 aromatic rings. The van der Waals surface area contributed by atoms with E-state index in [0.29, 0.717) is 6.04 Å². The predicted octanol–water partition coefficient (Wildman–Crippen LogP) is 2.34. The van der Waals surface area contributed by atoms with Gasteiger partial charge in [-0.15, -0.1) is 0 Å². The third-order valence-electron chi connectivity index (χ3n) is 2.80. The maximum absolute atomic E-state index is 12.9. The van der Waals surface area contributed by atoms with Gasteiger partial charge in [-0.25, -0.2) is 4.39 Å². The molecule has 3 rings (SSSR count). The fourth-order valence-electron chi connectivity index (χ4n) is 1.87. The Morgan fingerprint density at radius 3 is 2.86 bits per heavy atom. The Balaban J connectivity index is 2.10. The monoisotopic (exact) mass is 190 g/mol. The normalized spacial score (nSPS) is 21.1. The first-order chi connectivity index (χ1) is 6.83. The van der Waals surface area contributed by atoms with Crippen molar-refractivity contribution in [1.82, 2.24) is 10.3 Å². The smallest absolute Gasteiger partial charge is 0.123 e. The summed E-state index contributed by atoms with van der Waals surface area (Å²) in [5.41, 5.74) is 2.17. The molecular weight excluding hydrogens is 179 g/mol. The first-order valence-electron chi connectivity index (χ1n) is 4.84. The summed E-state index contributed by atoms with van der Waals surface area (Å²) in [4.78, 5) is 3.30. The van der Waals surface area contributed by atoms with Crippen LogP contribution in [-0.2, 0) is 0 Å². The summed E-state index contributed by atoms with van der Waals surface area (Å²) >= 11 is 0. The number of fused-ring (bicyclic) bond motifs is 1. The van der Waals surface area contributed by atoms with E-state index < -0.39 is 0 Å². The van der Waals surface area contributed by atoms with Gasteiger partial charge in [-0.05, 0) is 37.2 Å². The summed E-state index contributed by atoms with van der Waals surface area (Å²) in [5.74, 6) is -0.176. The molecule has 2 heterocycles. The third-order valence-corrected chi connectivity index (χ3v) is 2.80. The molecule has 2 nitrogen and oxygen atoms in total. The highest BCUT2D eigenvalue weighted by molar-refractivity contribution is 5.80. The van der Waals surface area contributed by atoms with Gasteiger partial charge in [-0.3, -0.25) is 0 Å². The Labute approximate surface area is 81.1 Å². The minimum atomic E-state index is -0.176. The van der Waals surface area contributed by atoms with Gasteiger partial charge in [0.1, 0.15) is 5.82 Å². The van der Waals surface area contributed by atoms with Crippen molar-refractivity contribution in [3.63, 3.8) is 0 Å². The number of benzene rings is 1. The number of hydrogen-bond donors (Lipinski definition) is 2. The second-order valence-electron chi connectivity index (χ2n) is 3.75. The van der Waals surface area contributed by atoms with Gasteiger partial charge in [-0.1, -0.05) is 0 Å². The predicted molar refractivity (Wildman–Crippen MR) is 53.6 cm³/mol. The van der Waals surface area contributed by atoms with Crippen molar-refractivity contribution in [1.29, 1.82) is 0 Å². The molecule has 0 saturated carbocycles. The van der Waals surface area contributed by atoms with Gasteiger partial charge in [0.25, 0.3) is 0 Å². The van der Waals surface area contributed by atoms with Crippen LogP contribution in [0.3, 0.4) is 0 Å². The molecule has 3 heteroatoms. The molecule has 14 heavy (non-hydrogen) atoms. The lowest BCUT2D eigenvalue weighted by atomic mass is 10.0. The van der Waals surface area contributed by atoms with Gasteiger partial charge in [0.15, 0.2) is 0 Å². The lowest BCUT2D eigenvalue weighted by Crippen LogP contribution is -2.35. The van der Waals surface area contributed by atoms with Crippen molar-refractivity contribution in [2.24, 2.45) is 0 Å². The van der Waals surface area contributed by atoms with Crippen LogP contribution in [-0.4, -0.2) is 11.5 Å². The van der Waals surface area contributed by atoms with E-state index in [4.69, 9.17) is 0 Å². The van der Waals surface area contributed by atoms with E-state index in [-0.39, 0.29) is 5.82 Å². The molecule has 0 amide bonds. The van der Waals surface area contributed by atoms with E-state index in [2.05, 4.69) is 10.3 Å². The number of aromatic nitrogens is 1. The standard InChI is InChI=1S/C11H11FN2/c12-8-1-2-9-7(5-8)6-11(14-9)10-3-4-13-10/h1-2,5-6,10,13-14H,3-4H2/t10-/m1/s1. The molecular formula is C11H11FN2. The molecule has 0 unspecified atom stereocenters. The van der Waals surface area contributed by atoms with Crippen molar-refractivity contribution in [3.8, 4) is 0 Å². The van der Waals surface area contributed by atoms with Crippen molar-refractivity contribution >= 4 is 10.9 Å². The van der Waals surface area contributed by atoms with Gasteiger partial charge in [0.05, 0.1) is 0 Å². The average molecular weight is 190 g/mol. The lowest BCUT2D eigenvalue weighted by Gasteiger charge is -2.26. The molecule has 1 aliphatic rings. The first-order valence-corrected chi connectivity index (χ1v) is 4.84. The SMILES string of the molecule is Fc1ccc2[nH]c([C@H]3CCN3)cc2c1. The number of H-pyrrole nitrogens is 1. The minimum absolute atomic E-state index is 0.176. The van der Waals surface area contributed by atoms with Crippen LogP contribution < -0.4 is 5.32 Å². The van der Waals surface area contributed by atoms with Crippen LogP contribution >= 0.6 is 0 Å². The Morgan fingerprint density at radius 2 is 2.14 bits per heavy atom. The van der Waals surface area contributed by atoms with Crippen LogP contribution in [0.5, 0.6) is 0 Å². The van der Waals surface area contributed by atoms with E-state index in [1.54, 1.807) is 12.1 Å². The molecule has 1 fully saturated rings. The molecule has 0 radical (unpaired) electrons. The van der Waals surface area contributed by atoms with Crippen LogP contribution in [0.1, 0.15) is 18.2 Å². The van der Waals surface area contributed by atoms with Gasteiger partial charge in [0, 0.05) is 22.6 Å². The highest BCUT2D eigenvalue weighted by atomic mass is 19.1. The number of aromatic amines is 1. The van der Waals surface area contributed by atoms with Gasteiger partial charge in [0.2, 0.25) is 0 Å². The summed E-state index contributed by atoms with van der Waals surface area (Å²) in [5, 5.41) is 4.26. The topological polar surface area (TPSA) is 27.8 Å². The molecule has 1 atom stereocenters. The summed E-state index contributed by atoms with van der Waals surface area (Å²) < 4.78 is 12.9. The average Bonchev–Trinajstić information content (AvgIpc) is 2.43. The zero-order valence-electron chi connectivity index (χ0n) is 7.68. The Kier molecular flexibility index (Phi) is 1.61. The lowest BCUT2D eigenvalue weighted by molar-refractivity contribution is 0.377. The summed E-state index contributed by atoms with van der Waals surface area (Å²) in [6, 6.07) is 7.29. The number of hydrogen-bond acceptors (Lipinski definition) is 1. The second-order valence-corrected chi connectivity index (χ2v) is 3.75. The Morgan fingerprint density at radius 1 is 1.29 bits per heavy atom. The minimum Gasteiger partial charge on any atom is -0.357 e. The molecule has 0 aliphatic carbocycles. The van der Waals surface area contributed by atoms with Crippen molar-refractivity contribution < 1.29 is 4.39 Å². The van der Waals surface area contributed by atoms with E-state index in [1.165, 1.54) is 6.07 Å². The summed E-state index contributed by atoms with van der Waals surface area (Å²) in [6.07, 6.45) is 1.16. The first kappa shape index (κ1) is 8.00. The van der Waals surface area contributed by atoms with E-state index in [9.17, 15) is 4.39 Å². The van der Waals surface area contributed by atoms with Crippen LogP contribution in [0.15, 0.2) is 24.3 Å². The maximum atomic E-state index is 12.9. The maximum Gasteiger partial charge on any atom is 0.123 e. The summed E-state index contributed by atoms with van der Waals surface area (Å²) in [7, 11) is 0. The molecule has 0 bridgehead atoms. The van der Waals surface area contributed by atoms with E-state index >= 15 is 0 Å². The van der Waals surface area contributed by atoms with E-state index in [1.807, 2.05) is 6.07 Å². The van der Waals surface area contributed by atoms with Gasteiger partial charge in [-0.2, -0.15) is 0 Å². The molecule has 2 N–H and O–H groups in total. The zero-order chi connectivity index (χ0) is 9.54. The largest absolute Gasteiger partial charge is 0.357 e. The third kappa shape index (κ3) is 1.13. The quantitative estimate of drug-likeness (QED) is 0.709. The molecule has 0 spiro atoms. The number of nitrogens with one attached hydrogen (secondary N) is 2. The van der Waals surface area contributed by atoms with Crippen LogP contribution in [0.25, 0.3) is 10.9 Å². The van der Waals surface area contributed by atoms with Gasteiger partial charge < -0.3 is 10.3 Å². The second kappa shape index (κ2) is 2.82. The van der Waals surface area contributed by atoms with E-state index in [0.717, 1.165) is 29.6 Å². The molecule has 1 aromatic carbocycles. The molecule has 1 saturated heterocycles.